The van der Waals surface area contributed by atoms with Crippen LogP contribution in [-0.2, 0) is 15.1 Å². The molecule has 160 valence electrons. The summed E-state index contributed by atoms with van der Waals surface area (Å²) in [5, 5.41) is 2.82. The van der Waals surface area contributed by atoms with Crippen molar-refractivity contribution >= 4 is 17.8 Å². The van der Waals surface area contributed by atoms with E-state index in [0.717, 1.165) is 54.7 Å². The summed E-state index contributed by atoms with van der Waals surface area (Å²) >= 11 is 0. The Labute approximate surface area is 178 Å². The van der Waals surface area contributed by atoms with Crippen molar-refractivity contribution in [3.05, 3.63) is 47.2 Å². The summed E-state index contributed by atoms with van der Waals surface area (Å²) < 4.78 is 0. The average Bonchev–Trinajstić information content (AvgIpc) is 3.54. The molecule has 1 saturated carbocycles. The molecule has 3 aliphatic rings. The van der Waals surface area contributed by atoms with Crippen LogP contribution in [0.25, 0.3) is 0 Å². The molecule has 1 unspecified atom stereocenters. The molecule has 1 atom stereocenters. The number of rotatable bonds is 6. The Morgan fingerprint density at radius 1 is 1.20 bits per heavy atom. The number of carbonyl (C=O) groups excluding carboxylic acids is 3. The number of urea groups is 1. The zero-order chi connectivity index (χ0) is 21.5. The van der Waals surface area contributed by atoms with Gasteiger partial charge >= 0.3 is 6.03 Å². The van der Waals surface area contributed by atoms with Crippen LogP contribution < -0.4 is 5.32 Å². The van der Waals surface area contributed by atoms with Crippen molar-refractivity contribution in [2.75, 3.05) is 6.54 Å². The summed E-state index contributed by atoms with van der Waals surface area (Å²) in [6.45, 7) is 5.72. The van der Waals surface area contributed by atoms with E-state index in [4.69, 9.17) is 0 Å². The van der Waals surface area contributed by atoms with E-state index in [9.17, 15) is 14.4 Å². The van der Waals surface area contributed by atoms with Crippen molar-refractivity contribution in [1.29, 1.82) is 0 Å². The lowest BCUT2D eigenvalue weighted by Crippen LogP contribution is -2.45. The Morgan fingerprint density at radius 3 is 2.47 bits per heavy atom. The first-order valence-electron chi connectivity index (χ1n) is 11.1. The van der Waals surface area contributed by atoms with Gasteiger partial charge in [-0.15, -0.1) is 0 Å². The first kappa shape index (κ1) is 20.6. The highest BCUT2D eigenvalue weighted by Crippen LogP contribution is 2.35. The summed E-state index contributed by atoms with van der Waals surface area (Å²) in [5.74, 6) is -0.141. The second-order valence-corrected chi connectivity index (χ2v) is 9.16. The Hall–Kier alpha value is -2.63. The van der Waals surface area contributed by atoms with Gasteiger partial charge in [-0.25, -0.2) is 4.79 Å². The lowest BCUT2D eigenvalue weighted by Gasteiger charge is -2.29. The van der Waals surface area contributed by atoms with Gasteiger partial charge in [0.05, 0.1) is 0 Å². The summed E-state index contributed by atoms with van der Waals surface area (Å²) in [6.07, 6.45) is 8.23. The van der Waals surface area contributed by atoms with Crippen LogP contribution in [-0.4, -0.2) is 40.2 Å². The third kappa shape index (κ3) is 3.75. The molecule has 1 N–H and O–H groups in total. The molecular weight excluding hydrogens is 378 g/mol. The largest absolute Gasteiger partial charge is 0.325 e. The van der Waals surface area contributed by atoms with Crippen LogP contribution >= 0.6 is 0 Å². The number of nitrogens with zero attached hydrogens (tertiary/aromatic N) is 2. The van der Waals surface area contributed by atoms with Gasteiger partial charge in [-0.3, -0.25) is 14.5 Å². The predicted molar refractivity (Wildman–Crippen MR) is 115 cm³/mol. The normalized spacial score (nSPS) is 24.1. The molecular formula is C24H31N3O3. The van der Waals surface area contributed by atoms with Gasteiger partial charge in [0.2, 0.25) is 5.91 Å². The minimum Gasteiger partial charge on any atom is -0.319 e. The Kier molecular flexibility index (Phi) is 5.43. The lowest BCUT2D eigenvalue weighted by atomic mass is 9.90. The van der Waals surface area contributed by atoms with Crippen LogP contribution in [0.2, 0.25) is 0 Å². The second kappa shape index (κ2) is 7.89. The Bertz CT molecular complexity index is 885. The van der Waals surface area contributed by atoms with Crippen LogP contribution in [0.15, 0.2) is 36.0 Å². The maximum absolute atomic E-state index is 13.2. The van der Waals surface area contributed by atoms with E-state index in [0.29, 0.717) is 5.92 Å². The van der Waals surface area contributed by atoms with Crippen LogP contribution in [0.3, 0.4) is 0 Å². The molecule has 1 aromatic rings. The summed E-state index contributed by atoms with van der Waals surface area (Å²) in [6, 6.07) is 7.48. The predicted octanol–water partition coefficient (Wildman–Crippen LogP) is 4.03. The Balaban J connectivity index is 1.52. The summed E-state index contributed by atoms with van der Waals surface area (Å²) in [5.41, 5.74) is 1.82. The molecule has 4 rings (SSSR count). The van der Waals surface area contributed by atoms with Crippen LogP contribution in [0.1, 0.15) is 76.3 Å². The SMILES string of the molecule is CC(C)c1ccc(C2(C)NC(=O)N(CC(=O)N(C3=CCCCC3)C3CC3)C2=O)cc1. The molecule has 1 aromatic carbocycles. The number of hydrogen-bond donors (Lipinski definition) is 1. The highest BCUT2D eigenvalue weighted by molar-refractivity contribution is 6.09. The highest BCUT2D eigenvalue weighted by atomic mass is 16.2. The first-order chi connectivity index (χ1) is 14.3. The number of amides is 4. The van der Waals surface area contributed by atoms with Gasteiger partial charge in [0.25, 0.3) is 5.91 Å². The van der Waals surface area contributed by atoms with Crippen molar-refractivity contribution < 1.29 is 14.4 Å². The maximum atomic E-state index is 13.2. The summed E-state index contributed by atoms with van der Waals surface area (Å²) in [7, 11) is 0. The van der Waals surface area contributed by atoms with Gasteiger partial charge in [-0.1, -0.05) is 44.2 Å². The van der Waals surface area contributed by atoms with Crippen molar-refractivity contribution in [2.45, 2.75) is 76.8 Å². The van der Waals surface area contributed by atoms with E-state index in [1.54, 1.807) is 6.92 Å². The zero-order valence-electron chi connectivity index (χ0n) is 18.1. The standard InChI is InChI=1S/C24H31N3O3/c1-16(2)17-9-11-18(12-10-17)24(3)22(29)26(23(30)25-24)15-21(28)27(20-13-14-20)19-7-5-4-6-8-19/h7,9-12,16,20H,4-6,8,13-15H2,1-3H3,(H,25,30). The monoisotopic (exact) mass is 409 g/mol. The number of benzene rings is 1. The smallest absolute Gasteiger partial charge is 0.319 e. The molecule has 1 heterocycles. The fraction of sp³-hybridized carbons (Fsp3) is 0.542. The molecule has 0 bridgehead atoms. The van der Waals surface area contributed by atoms with Gasteiger partial charge in [0.1, 0.15) is 12.1 Å². The molecule has 6 nitrogen and oxygen atoms in total. The van der Waals surface area contributed by atoms with Gasteiger partial charge in [0, 0.05) is 11.7 Å². The molecule has 0 radical (unpaired) electrons. The first-order valence-corrected chi connectivity index (χ1v) is 11.1. The Morgan fingerprint density at radius 2 is 1.90 bits per heavy atom. The number of hydrogen-bond acceptors (Lipinski definition) is 3. The zero-order valence-corrected chi connectivity index (χ0v) is 18.1. The molecule has 1 saturated heterocycles. The van der Waals surface area contributed by atoms with Gasteiger partial charge < -0.3 is 10.2 Å². The van der Waals surface area contributed by atoms with Crippen molar-refractivity contribution in [3.8, 4) is 0 Å². The van der Waals surface area contributed by atoms with Gasteiger partial charge in [-0.05, 0) is 62.5 Å². The average molecular weight is 410 g/mol. The fourth-order valence-electron chi connectivity index (χ4n) is 4.42. The molecule has 30 heavy (non-hydrogen) atoms. The highest BCUT2D eigenvalue weighted by Gasteiger charge is 2.50. The number of imide groups is 1. The van der Waals surface area contributed by atoms with Crippen LogP contribution in [0, 0.1) is 0 Å². The van der Waals surface area contributed by atoms with Crippen molar-refractivity contribution in [3.63, 3.8) is 0 Å². The number of carbonyl (C=O) groups is 3. The maximum Gasteiger partial charge on any atom is 0.325 e. The number of nitrogens with one attached hydrogen (secondary N) is 1. The molecule has 1 aliphatic heterocycles. The van der Waals surface area contributed by atoms with Crippen LogP contribution in [0.5, 0.6) is 0 Å². The minimum atomic E-state index is -1.15. The molecule has 0 spiro atoms. The lowest BCUT2D eigenvalue weighted by molar-refractivity contribution is -0.138. The van der Waals surface area contributed by atoms with E-state index in [-0.39, 0.29) is 24.4 Å². The van der Waals surface area contributed by atoms with Crippen LogP contribution in [0.4, 0.5) is 4.79 Å². The summed E-state index contributed by atoms with van der Waals surface area (Å²) in [4.78, 5) is 42.0. The minimum absolute atomic E-state index is 0.159. The van der Waals surface area contributed by atoms with E-state index in [1.165, 1.54) is 5.56 Å². The van der Waals surface area contributed by atoms with E-state index < -0.39 is 11.6 Å². The molecule has 2 fully saturated rings. The van der Waals surface area contributed by atoms with Crippen molar-refractivity contribution in [1.82, 2.24) is 15.1 Å². The molecule has 2 aliphatic carbocycles. The van der Waals surface area contributed by atoms with E-state index >= 15 is 0 Å². The number of allylic oxidation sites excluding steroid dienone is 2. The third-order valence-electron chi connectivity index (χ3n) is 6.48. The second-order valence-electron chi connectivity index (χ2n) is 9.16. The molecule has 6 heteroatoms. The molecule has 4 amide bonds. The third-order valence-corrected chi connectivity index (χ3v) is 6.48. The quantitative estimate of drug-likeness (QED) is 0.722. The van der Waals surface area contributed by atoms with Gasteiger partial charge in [-0.2, -0.15) is 0 Å². The van der Waals surface area contributed by atoms with E-state index in [2.05, 4.69) is 25.2 Å². The van der Waals surface area contributed by atoms with Crippen molar-refractivity contribution in [2.24, 2.45) is 0 Å². The van der Waals surface area contributed by atoms with E-state index in [1.807, 2.05) is 29.2 Å². The topological polar surface area (TPSA) is 69.7 Å². The fourth-order valence-corrected chi connectivity index (χ4v) is 4.42. The van der Waals surface area contributed by atoms with Gasteiger partial charge in [0.15, 0.2) is 0 Å². The molecule has 0 aromatic heterocycles.